The van der Waals surface area contributed by atoms with Crippen molar-refractivity contribution in [1.82, 2.24) is 15.2 Å². The molecule has 0 fully saturated rings. The van der Waals surface area contributed by atoms with Gasteiger partial charge in [-0.15, -0.1) is 0 Å². The summed E-state index contributed by atoms with van der Waals surface area (Å²) in [4.78, 5) is 19.0. The van der Waals surface area contributed by atoms with Gasteiger partial charge in [0.15, 0.2) is 5.69 Å². The average Bonchev–Trinajstić information content (AvgIpc) is 3.34. The number of oxazole rings is 1. The maximum Gasteiger partial charge on any atom is 0.416 e. The lowest BCUT2D eigenvalue weighted by Gasteiger charge is -2.22. The van der Waals surface area contributed by atoms with Gasteiger partial charge in [-0.2, -0.15) is 13.2 Å². The van der Waals surface area contributed by atoms with Gasteiger partial charge in [0.25, 0.3) is 5.91 Å². The molecule has 1 atom stereocenters. The van der Waals surface area contributed by atoms with Crippen molar-refractivity contribution in [2.24, 2.45) is 0 Å². The largest absolute Gasteiger partial charge is 0.447 e. The van der Waals surface area contributed by atoms with Crippen LogP contribution in [0, 0.1) is 6.92 Å². The minimum absolute atomic E-state index is 0.146. The number of aromatic nitrogens is 1. The third-order valence-electron chi connectivity index (χ3n) is 6.11. The van der Waals surface area contributed by atoms with Crippen molar-refractivity contribution >= 4 is 5.91 Å². The first-order chi connectivity index (χ1) is 17.7. The van der Waals surface area contributed by atoms with Gasteiger partial charge >= 0.3 is 6.18 Å². The molecule has 3 aromatic carbocycles. The van der Waals surface area contributed by atoms with Gasteiger partial charge in [-0.25, -0.2) is 4.98 Å². The number of amides is 1. The first-order valence-corrected chi connectivity index (χ1v) is 11.9. The Kier molecular flexibility index (Phi) is 8.08. The molecule has 0 aliphatic rings. The third kappa shape index (κ3) is 7.07. The summed E-state index contributed by atoms with van der Waals surface area (Å²) in [5.41, 5.74) is 3.04. The Labute approximate surface area is 214 Å². The number of benzene rings is 3. The van der Waals surface area contributed by atoms with Crippen LogP contribution in [0.3, 0.4) is 0 Å². The summed E-state index contributed by atoms with van der Waals surface area (Å²) in [5, 5.41) is 2.91. The normalized spacial score (nSPS) is 12.5. The van der Waals surface area contributed by atoms with E-state index in [0.29, 0.717) is 18.0 Å². The highest BCUT2D eigenvalue weighted by molar-refractivity contribution is 5.92. The number of nitrogens with one attached hydrogen (secondary N) is 1. The van der Waals surface area contributed by atoms with Crippen LogP contribution in [0.25, 0.3) is 0 Å². The molecule has 0 radical (unpaired) electrons. The van der Waals surface area contributed by atoms with E-state index in [1.165, 1.54) is 12.3 Å². The molecule has 0 aliphatic carbocycles. The fraction of sp³-hybridized carbons (Fsp3) is 0.241. The molecular formula is C29H28F3N3O2. The Bertz CT molecular complexity index is 1340. The maximum absolute atomic E-state index is 13.3. The van der Waals surface area contributed by atoms with E-state index >= 15 is 0 Å². The second-order valence-corrected chi connectivity index (χ2v) is 9.00. The van der Waals surface area contributed by atoms with Crippen molar-refractivity contribution < 1.29 is 22.4 Å². The summed E-state index contributed by atoms with van der Waals surface area (Å²) in [6, 6.07) is 22.5. The zero-order valence-corrected chi connectivity index (χ0v) is 20.6. The molecule has 8 heteroatoms. The highest BCUT2D eigenvalue weighted by Crippen LogP contribution is 2.30. The molecule has 37 heavy (non-hydrogen) atoms. The minimum atomic E-state index is -4.42. The lowest BCUT2D eigenvalue weighted by atomic mass is 10.1. The number of alkyl halides is 3. The van der Waals surface area contributed by atoms with E-state index in [1.54, 1.807) is 6.07 Å². The monoisotopic (exact) mass is 507 g/mol. The lowest BCUT2D eigenvalue weighted by Crippen LogP contribution is -2.27. The summed E-state index contributed by atoms with van der Waals surface area (Å²) in [6.45, 7) is 4.80. The van der Waals surface area contributed by atoms with Gasteiger partial charge in [0.2, 0.25) is 5.89 Å². The number of aryl methyl sites for hydroxylation is 1. The number of hydrogen-bond acceptors (Lipinski definition) is 4. The van der Waals surface area contributed by atoms with Crippen molar-refractivity contribution in [3.8, 4) is 0 Å². The topological polar surface area (TPSA) is 58.4 Å². The predicted molar refractivity (Wildman–Crippen MR) is 134 cm³/mol. The Morgan fingerprint density at radius 3 is 2.43 bits per heavy atom. The average molecular weight is 508 g/mol. The predicted octanol–water partition coefficient (Wildman–Crippen LogP) is 6.70. The summed E-state index contributed by atoms with van der Waals surface area (Å²) >= 11 is 0. The standard InChI is InChI=1S/C29H28F3N3O2/c1-20-9-6-7-13-24(20)17-35(16-22-10-8-14-25(15-22)29(30,31)32)18-27-34-26(19-37-27)28(36)33-21(2)23-11-4-3-5-12-23/h3-15,19,21H,16-18H2,1-2H3,(H,33,36)/t21-/m0/s1. The summed E-state index contributed by atoms with van der Waals surface area (Å²) in [7, 11) is 0. The summed E-state index contributed by atoms with van der Waals surface area (Å²) < 4.78 is 45.4. The molecule has 0 bridgehead atoms. The zero-order valence-electron chi connectivity index (χ0n) is 20.6. The van der Waals surface area contributed by atoms with Crippen LogP contribution in [0.5, 0.6) is 0 Å². The number of halogens is 3. The Balaban J connectivity index is 1.50. The highest BCUT2D eigenvalue weighted by atomic mass is 19.4. The number of carbonyl (C=O) groups excluding carboxylic acids is 1. The number of rotatable bonds is 9. The van der Waals surface area contributed by atoms with Crippen LogP contribution >= 0.6 is 0 Å². The van der Waals surface area contributed by atoms with Gasteiger partial charge in [-0.3, -0.25) is 9.69 Å². The minimum Gasteiger partial charge on any atom is -0.447 e. The molecule has 1 heterocycles. The molecule has 0 aliphatic heterocycles. The van der Waals surface area contributed by atoms with E-state index in [0.717, 1.165) is 28.8 Å². The lowest BCUT2D eigenvalue weighted by molar-refractivity contribution is -0.137. The van der Waals surface area contributed by atoms with Crippen molar-refractivity contribution in [3.05, 3.63) is 125 Å². The van der Waals surface area contributed by atoms with Gasteiger partial charge in [0.05, 0.1) is 18.2 Å². The number of nitrogens with zero attached hydrogens (tertiary/aromatic N) is 2. The molecule has 4 rings (SSSR count). The van der Waals surface area contributed by atoms with Crippen LogP contribution in [0.1, 0.15) is 57.2 Å². The fourth-order valence-electron chi connectivity index (χ4n) is 4.08. The highest BCUT2D eigenvalue weighted by Gasteiger charge is 2.30. The molecular weight excluding hydrogens is 479 g/mol. The van der Waals surface area contributed by atoms with E-state index in [2.05, 4.69) is 10.3 Å². The van der Waals surface area contributed by atoms with Gasteiger partial charge in [0.1, 0.15) is 6.26 Å². The van der Waals surface area contributed by atoms with Crippen molar-refractivity contribution in [1.29, 1.82) is 0 Å². The smallest absolute Gasteiger partial charge is 0.416 e. The van der Waals surface area contributed by atoms with E-state index in [4.69, 9.17) is 4.42 Å². The summed E-state index contributed by atoms with van der Waals surface area (Å²) in [6.07, 6.45) is -3.11. The van der Waals surface area contributed by atoms with Crippen molar-refractivity contribution in [2.75, 3.05) is 0 Å². The van der Waals surface area contributed by atoms with Crippen molar-refractivity contribution in [3.63, 3.8) is 0 Å². The molecule has 5 nitrogen and oxygen atoms in total. The van der Waals surface area contributed by atoms with E-state index in [1.807, 2.05) is 73.3 Å². The molecule has 192 valence electrons. The Hall–Kier alpha value is -3.91. The second-order valence-electron chi connectivity index (χ2n) is 9.00. The quantitative estimate of drug-likeness (QED) is 0.274. The second kappa shape index (κ2) is 11.4. The van der Waals surface area contributed by atoms with Gasteiger partial charge in [-0.1, -0.05) is 72.8 Å². The van der Waals surface area contributed by atoms with Gasteiger partial charge < -0.3 is 9.73 Å². The van der Waals surface area contributed by atoms with E-state index in [9.17, 15) is 18.0 Å². The molecule has 0 unspecified atom stereocenters. The Morgan fingerprint density at radius 2 is 1.70 bits per heavy atom. The van der Waals surface area contributed by atoms with E-state index < -0.39 is 11.7 Å². The molecule has 4 aromatic rings. The number of carbonyl (C=O) groups is 1. The summed E-state index contributed by atoms with van der Waals surface area (Å²) in [5.74, 6) is -0.0623. The van der Waals surface area contributed by atoms with Crippen LogP contribution in [0.4, 0.5) is 13.2 Å². The Morgan fingerprint density at radius 1 is 0.973 bits per heavy atom. The first-order valence-electron chi connectivity index (χ1n) is 11.9. The SMILES string of the molecule is Cc1ccccc1CN(Cc1cccc(C(F)(F)F)c1)Cc1nc(C(=O)N[C@@H](C)c2ccccc2)co1. The molecule has 0 saturated heterocycles. The zero-order chi connectivity index (χ0) is 26.4. The molecule has 1 amide bonds. The van der Waals surface area contributed by atoms with Crippen LogP contribution in [0.2, 0.25) is 0 Å². The maximum atomic E-state index is 13.3. The molecule has 1 N–H and O–H groups in total. The van der Waals surface area contributed by atoms with E-state index in [-0.39, 0.29) is 30.7 Å². The van der Waals surface area contributed by atoms with Crippen LogP contribution < -0.4 is 5.32 Å². The van der Waals surface area contributed by atoms with Gasteiger partial charge in [-0.05, 0) is 42.2 Å². The van der Waals surface area contributed by atoms with Crippen molar-refractivity contribution in [2.45, 2.75) is 45.7 Å². The first kappa shape index (κ1) is 26.2. The molecule has 1 aromatic heterocycles. The number of hydrogen-bond donors (Lipinski definition) is 1. The van der Waals surface area contributed by atoms with Crippen LogP contribution in [0.15, 0.2) is 89.5 Å². The van der Waals surface area contributed by atoms with Crippen LogP contribution in [-0.4, -0.2) is 15.8 Å². The fourth-order valence-corrected chi connectivity index (χ4v) is 4.08. The van der Waals surface area contributed by atoms with Gasteiger partial charge in [0, 0.05) is 13.1 Å². The molecule has 0 saturated carbocycles. The third-order valence-corrected chi connectivity index (χ3v) is 6.11. The molecule has 0 spiro atoms. The van der Waals surface area contributed by atoms with Crippen LogP contribution in [-0.2, 0) is 25.8 Å².